The number of carbonyl (C=O) groups excluding carboxylic acids is 1. The van der Waals surface area contributed by atoms with E-state index < -0.39 is 29.0 Å². The van der Waals surface area contributed by atoms with Crippen molar-refractivity contribution in [2.24, 2.45) is 5.73 Å². The smallest absolute Gasteiger partial charge is 0.364 e. The van der Waals surface area contributed by atoms with E-state index in [1.165, 1.54) is 36.4 Å². The van der Waals surface area contributed by atoms with E-state index in [0.29, 0.717) is 0 Å². The van der Waals surface area contributed by atoms with Gasteiger partial charge in [0.15, 0.2) is 5.69 Å². The van der Waals surface area contributed by atoms with E-state index in [9.17, 15) is 18.0 Å². The second kappa shape index (κ2) is 6.37. The molecule has 3 aromatic rings. The first-order valence-electron chi connectivity index (χ1n) is 7.39. The number of rotatable bonds is 3. The fraction of sp³-hybridized carbons (Fsp3) is 0.0556. The molecule has 0 aliphatic heterocycles. The molecule has 0 bridgehead atoms. The first kappa shape index (κ1) is 17.2. The number of nitrogens with two attached hydrogens (primary N) is 1. The molecule has 1 amide bonds. The molecule has 2 aromatic carbocycles. The number of hydrogen-bond donors (Lipinski definition) is 1. The van der Waals surface area contributed by atoms with Crippen LogP contribution >= 0.6 is 0 Å². The summed E-state index contributed by atoms with van der Waals surface area (Å²) >= 11 is 0. The van der Waals surface area contributed by atoms with E-state index in [0.717, 1.165) is 4.68 Å². The van der Waals surface area contributed by atoms with Crippen molar-refractivity contribution < 1.29 is 18.0 Å². The Hall–Kier alpha value is -3.60. The summed E-state index contributed by atoms with van der Waals surface area (Å²) < 4.78 is 41.5. The molecule has 0 atom stereocenters. The number of nitrogens with zero attached hydrogens (tertiary/aromatic N) is 3. The Kier molecular flexibility index (Phi) is 4.22. The van der Waals surface area contributed by atoms with Crippen LogP contribution in [0.1, 0.15) is 21.7 Å². The Labute approximate surface area is 146 Å². The van der Waals surface area contributed by atoms with Gasteiger partial charge in [-0.05, 0) is 23.8 Å². The maximum atomic E-state index is 13.6. The molecule has 0 unspecified atom stereocenters. The Morgan fingerprint density at radius 2 is 1.81 bits per heavy atom. The van der Waals surface area contributed by atoms with Gasteiger partial charge in [0.25, 0.3) is 5.91 Å². The maximum absolute atomic E-state index is 13.6. The SMILES string of the molecule is N#Cc1cccc(-n2nc(C(F)(F)F)c(-c3ccccc3)c2C(N)=O)c1. The minimum absolute atomic E-state index is 0.130. The zero-order chi connectivity index (χ0) is 18.9. The number of amides is 1. The molecule has 0 saturated carbocycles. The third kappa shape index (κ3) is 3.02. The molecule has 1 aromatic heterocycles. The first-order valence-corrected chi connectivity index (χ1v) is 7.39. The number of carbonyl (C=O) groups is 1. The van der Waals surface area contributed by atoms with Crippen molar-refractivity contribution >= 4 is 5.91 Å². The van der Waals surface area contributed by atoms with Crippen molar-refractivity contribution in [3.8, 4) is 22.9 Å². The Bertz CT molecular complexity index is 1020. The van der Waals surface area contributed by atoms with E-state index in [1.807, 2.05) is 6.07 Å². The van der Waals surface area contributed by atoms with Gasteiger partial charge in [-0.3, -0.25) is 4.79 Å². The molecule has 0 saturated heterocycles. The monoisotopic (exact) mass is 356 g/mol. The van der Waals surface area contributed by atoms with Gasteiger partial charge in [-0.1, -0.05) is 36.4 Å². The summed E-state index contributed by atoms with van der Waals surface area (Å²) in [6.07, 6.45) is -4.80. The van der Waals surface area contributed by atoms with Crippen LogP contribution in [0.3, 0.4) is 0 Å². The molecule has 3 rings (SSSR count). The van der Waals surface area contributed by atoms with Crippen LogP contribution in [0.15, 0.2) is 54.6 Å². The first-order chi connectivity index (χ1) is 12.3. The van der Waals surface area contributed by atoms with Crippen LogP contribution in [0.2, 0.25) is 0 Å². The molecule has 2 N–H and O–H groups in total. The van der Waals surface area contributed by atoms with Gasteiger partial charge in [-0.25, -0.2) is 4.68 Å². The van der Waals surface area contributed by atoms with Crippen molar-refractivity contribution in [2.75, 3.05) is 0 Å². The van der Waals surface area contributed by atoms with Gasteiger partial charge >= 0.3 is 6.18 Å². The van der Waals surface area contributed by atoms with Crippen LogP contribution in [-0.2, 0) is 6.18 Å². The second-order valence-corrected chi connectivity index (χ2v) is 5.37. The van der Waals surface area contributed by atoms with Crippen LogP contribution in [0, 0.1) is 11.3 Å². The highest BCUT2D eigenvalue weighted by Crippen LogP contribution is 2.39. The van der Waals surface area contributed by atoms with Crippen molar-refractivity contribution in [3.05, 3.63) is 71.5 Å². The molecule has 26 heavy (non-hydrogen) atoms. The zero-order valence-electron chi connectivity index (χ0n) is 13.2. The molecule has 0 spiro atoms. The van der Waals surface area contributed by atoms with Gasteiger partial charge in [0.1, 0.15) is 5.69 Å². The number of hydrogen-bond acceptors (Lipinski definition) is 3. The summed E-state index contributed by atoms with van der Waals surface area (Å²) in [7, 11) is 0. The second-order valence-electron chi connectivity index (χ2n) is 5.37. The molecular weight excluding hydrogens is 345 g/mol. The predicted octanol–water partition coefficient (Wildman–Crippen LogP) is 3.53. The Balaban J connectivity index is 2.38. The van der Waals surface area contributed by atoms with Crippen LogP contribution < -0.4 is 5.73 Å². The van der Waals surface area contributed by atoms with Gasteiger partial charge in [-0.15, -0.1) is 0 Å². The highest BCUT2D eigenvalue weighted by molar-refractivity contribution is 5.99. The third-order valence-corrected chi connectivity index (χ3v) is 3.67. The summed E-state index contributed by atoms with van der Waals surface area (Å²) in [5.74, 6) is -1.06. The lowest BCUT2D eigenvalue weighted by atomic mass is 10.0. The van der Waals surface area contributed by atoms with E-state index in [2.05, 4.69) is 5.10 Å². The highest BCUT2D eigenvalue weighted by Gasteiger charge is 2.41. The third-order valence-electron chi connectivity index (χ3n) is 3.67. The number of benzene rings is 2. The average molecular weight is 356 g/mol. The fourth-order valence-corrected chi connectivity index (χ4v) is 2.62. The zero-order valence-corrected chi connectivity index (χ0v) is 13.2. The van der Waals surface area contributed by atoms with Crippen molar-refractivity contribution in [1.29, 1.82) is 5.26 Å². The largest absolute Gasteiger partial charge is 0.435 e. The fourth-order valence-electron chi connectivity index (χ4n) is 2.62. The molecule has 0 aliphatic rings. The van der Waals surface area contributed by atoms with Gasteiger partial charge in [0.2, 0.25) is 0 Å². The van der Waals surface area contributed by atoms with Gasteiger partial charge in [0.05, 0.1) is 17.3 Å². The standard InChI is InChI=1S/C18H11F3N4O/c19-18(20,21)16-14(12-6-2-1-3-7-12)15(17(23)26)25(24-16)13-8-4-5-11(9-13)10-22/h1-9H,(H2,23,26). The lowest BCUT2D eigenvalue weighted by Gasteiger charge is -2.08. The van der Waals surface area contributed by atoms with E-state index in [-0.39, 0.29) is 16.8 Å². The van der Waals surface area contributed by atoms with Crippen molar-refractivity contribution in [3.63, 3.8) is 0 Å². The highest BCUT2D eigenvalue weighted by atomic mass is 19.4. The molecule has 130 valence electrons. The molecule has 0 fully saturated rings. The van der Waals surface area contributed by atoms with Gasteiger partial charge in [-0.2, -0.15) is 23.5 Å². The van der Waals surface area contributed by atoms with Crippen LogP contribution in [0.25, 0.3) is 16.8 Å². The summed E-state index contributed by atoms with van der Waals surface area (Å²) in [6, 6.07) is 15.2. The van der Waals surface area contributed by atoms with Gasteiger partial charge < -0.3 is 5.73 Å². The maximum Gasteiger partial charge on any atom is 0.435 e. The van der Waals surface area contributed by atoms with E-state index >= 15 is 0 Å². The van der Waals surface area contributed by atoms with Crippen molar-refractivity contribution in [1.82, 2.24) is 9.78 Å². The topological polar surface area (TPSA) is 84.7 Å². The summed E-state index contributed by atoms with van der Waals surface area (Å²) in [6.45, 7) is 0. The van der Waals surface area contributed by atoms with Crippen LogP contribution in [0.4, 0.5) is 13.2 Å². The molecule has 8 heteroatoms. The van der Waals surface area contributed by atoms with E-state index in [4.69, 9.17) is 11.0 Å². The van der Waals surface area contributed by atoms with Crippen molar-refractivity contribution in [2.45, 2.75) is 6.18 Å². The number of primary amides is 1. The molecular formula is C18H11F3N4O. The quantitative estimate of drug-likeness (QED) is 0.779. The summed E-state index contributed by atoms with van der Waals surface area (Å²) in [5, 5.41) is 12.6. The minimum Gasteiger partial charge on any atom is -0.364 e. The minimum atomic E-state index is -4.80. The average Bonchev–Trinajstić information content (AvgIpc) is 3.04. The number of halogens is 3. The lowest BCUT2D eigenvalue weighted by molar-refractivity contribution is -0.140. The summed E-state index contributed by atoms with van der Waals surface area (Å²) in [4.78, 5) is 12.0. The van der Waals surface area contributed by atoms with Gasteiger partial charge in [0, 0.05) is 5.56 Å². The van der Waals surface area contributed by atoms with Crippen LogP contribution in [-0.4, -0.2) is 15.7 Å². The number of nitriles is 1. The number of aromatic nitrogens is 2. The predicted molar refractivity (Wildman–Crippen MR) is 87.2 cm³/mol. The Morgan fingerprint density at radius 1 is 1.12 bits per heavy atom. The van der Waals surface area contributed by atoms with Crippen LogP contribution in [0.5, 0.6) is 0 Å². The molecule has 0 aliphatic carbocycles. The molecule has 5 nitrogen and oxygen atoms in total. The molecule has 0 radical (unpaired) electrons. The number of alkyl halides is 3. The lowest BCUT2D eigenvalue weighted by Crippen LogP contribution is -2.17. The molecule has 1 heterocycles. The Morgan fingerprint density at radius 3 is 2.38 bits per heavy atom. The normalized spacial score (nSPS) is 11.2. The summed E-state index contributed by atoms with van der Waals surface area (Å²) in [5.41, 5.74) is 3.87. The van der Waals surface area contributed by atoms with E-state index in [1.54, 1.807) is 18.2 Å².